The average molecular weight is 384 g/mol. The van der Waals surface area contributed by atoms with Crippen LogP contribution >= 0.6 is 0 Å². The molecule has 0 spiro atoms. The molecule has 0 atom stereocenters. The topological polar surface area (TPSA) is 125 Å². The Kier molecular flexibility index (Phi) is 6.71. The van der Waals surface area contributed by atoms with Crippen molar-refractivity contribution in [2.24, 2.45) is 5.14 Å². The van der Waals surface area contributed by atoms with Gasteiger partial charge in [-0.2, -0.15) is 5.26 Å². The average Bonchev–Trinajstić information content (AvgIpc) is 2.63. The zero-order valence-corrected chi connectivity index (χ0v) is 15.6. The molecule has 27 heavy (non-hydrogen) atoms. The molecule has 2 aromatic rings. The van der Waals surface area contributed by atoms with E-state index in [2.05, 4.69) is 10.6 Å². The lowest BCUT2D eigenvalue weighted by molar-refractivity contribution is -0.112. The van der Waals surface area contributed by atoms with Crippen molar-refractivity contribution in [2.45, 2.75) is 18.2 Å². The molecule has 0 heterocycles. The normalized spacial score (nSPS) is 11.5. The van der Waals surface area contributed by atoms with Gasteiger partial charge in [0.25, 0.3) is 5.91 Å². The molecule has 0 unspecified atom stereocenters. The van der Waals surface area contributed by atoms with Crippen LogP contribution in [0.25, 0.3) is 0 Å². The van der Waals surface area contributed by atoms with Crippen molar-refractivity contribution in [1.29, 1.82) is 5.26 Å². The summed E-state index contributed by atoms with van der Waals surface area (Å²) >= 11 is 0. The summed E-state index contributed by atoms with van der Waals surface area (Å²) in [6, 6.07) is 15.3. The SMILES string of the molecule is Cc1ccc(CCN/C=C(/C#N)C(=O)Nc2ccc(S(N)(=O)=O)cc2)cc1. The highest BCUT2D eigenvalue weighted by molar-refractivity contribution is 7.89. The van der Waals surface area contributed by atoms with E-state index in [-0.39, 0.29) is 10.5 Å². The largest absolute Gasteiger partial charge is 0.389 e. The van der Waals surface area contributed by atoms with Crippen LogP contribution in [-0.2, 0) is 21.2 Å². The molecule has 0 saturated carbocycles. The van der Waals surface area contributed by atoms with Crippen molar-refractivity contribution >= 4 is 21.6 Å². The Labute approximate surface area is 158 Å². The highest BCUT2D eigenvalue weighted by atomic mass is 32.2. The number of sulfonamides is 1. The van der Waals surface area contributed by atoms with E-state index in [1.54, 1.807) is 0 Å². The fourth-order valence-electron chi connectivity index (χ4n) is 2.22. The van der Waals surface area contributed by atoms with Crippen LogP contribution in [0.2, 0.25) is 0 Å². The molecule has 0 fully saturated rings. The Morgan fingerprint density at radius 3 is 2.33 bits per heavy atom. The van der Waals surface area contributed by atoms with Crippen LogP contribution in [0, 0.1) is 18.3 Å². The van der Waals surface area contributed by atoms with Gasteiger partial charge in [-0.1, -0.05) is 29.8 Å². The summed E-state index contributed by atoms with van der Waals surface area (Å²) < 4.78 is 22.4. The first-order chi connectivity index (χ1) is 12.8. The second-order valence-corrected chi connectivity index (χ2v) is 7.44. The first-order valence-electron chi connectivity index (χ1n) is 8.13. The fraction of sp³-hybridized carbons (Fsp3) is 0.158. The van der Waals surface area contributed by atoms with Crippen LogP contribution in [0.5, 0.6) is 0 Å². The van der Waals surface area contributed by atoms with Crippen molar-refractivity contribution in [1.82, 2.24) is 5.32 Å². The summed E-state index contributed by atoms with van der Waals surface area (Å²) in [4.78, 5) is 12.1. The molecule has 1 amide bonds. The third-order valence-corrected chi connectivity index (χ3v) is 4.66. The Morgan fingerprint density at radius 2 is 1.78 bits per heavy atom. The van der Waals surface area contributed by atoms with Crippen LogP contribution in [0.1, 0.15) is 11.1 Å². The number of nitrogens with one attached hydrogen (secondary N) is 2. The number of carbonyl (C=O) groups excluding carboxylic acids is 1. The van der Waals surface area contributed by atoms with Gasteiger partial charge >= 0.3 is 0 Å². The molecule has 7 nitrogen and oxygen atoms in total. The van der Waals surface area contributed by atoms with Crippen molar-refractivity contribution in [3.8, 4) is 6.07 Å². The number of carbonyl (C=O) groups is 1. The van der Waals surface area contributed by atoms with Crippen molar-refractivity contribution in [3.05, 3.63) is 71.4 Å². The molecule has 0 aliphatic heterocycles. The maximum atomic E-state index is 12.1. The minimum absolute atomic E-state index is 0.0608. The Morgan fingerprint density at radius 1 is 1.15 bits per heavy atom. The number of hydrogen-bond acceptors (Lipinski definition) is 5. The summed E-state index contributed by atoms with van der Waals surface area (Å²) in [5.41, 5.74) is 2.61. The van der Waals surface area contributed by atoms with Crippen molar-refractivity contribution < 1.29 is 13.2 Å². The highest BCUT2D eigenvalue weighted by Crippen LogP contribution is 2.13. The predicted molar refractivity (Wildman–Crippen MR) is 103 cm³/mol. The second kappa shape index (κ2) is 8.98. The van der Waals surface area contributed by atoms with E-state index in [0.29, 0.717) is 12.2 Å². The maximum Gasteiger partial charge on any atom is 0.267 e. The molecule has 0 aliphatic rings. The molecular formula is C19H20N4O3S. The molecule has 2 rings (SSSR count). The van der Waals surface area contributed by atoms with Gasteiger partial charge in [-0.15, -0.1) is 0 Å². The number of rotatable bonds is 7. The smallest absolute Gasteiger partial charge is 0.267 e. The van der Waals surface area contributed by atoms with Gasteiger partial charge in [0.15, 0.2) is 0 Å². The number of amides is 1. The van der Waals surface area contributed by atoms with Gasteiger partial charge in [0.05, 0.1) is 4.90 Å². The molecule has 4 N–H and O–H groups in total. The van der Waals surface area contributed by atoms with Crippen molar-refractivity contribution in [2.75, 3.05) is 11.9 Å². The van der Waals surface area contributed by atoms with E-state index in [9.17, 15) is 13.2 Å². The lowest BCUT2D eigenvalue weighted by Crippen LogP contribution is -2.18. The number of nitrogens with zero attached hydrogens (tertiary/aromatic N) is 1. The van der Waals surface area contributed by atoms with E-state index in [4.69, 9.17) is 10.4 Å². The number of hydrogen-bond donors (Lipinski definition) is 3. The molecule has 0 saturated heterocycles. The summed E-state index contributed by atoms with van der Waals surface area (Å²) in [6.45, 7) is 2.59. The minimum Gasteiger partial charge on any atom is -0.389 e. The number of primary sulfonamides is 1. The number of benzene rings is 2. The second-order valence-electron chi connectivity index (χ2n) is 5.88. The summed E-state index contributed by atoms with van der Waals surface area (Å²) in [5, 5.41) is 19.7. The van der Waals surface area contributed by atoms with Gasteiger partial charge in [-0.05, 0) is 43.2 Å². The fourth-order valence-corrected chi connectivity index (χ4v) is 2.74. The first-order valence-corrected chi connectivity index (χ1v) is 9.67. The van der Waals surface area contributed by atoms with Crippen LogP contribution in [0.3, 0.4) is 0 Å². The third kappa shape index (κ3) is 6.26. The van der Waals surface area contributed by atoms with E-state index in [0.717, 1.165) is 12.0 Å². The zero-order chi connectivity index (χ0) is 19.9. The number of aryl methyl sites for hydroxylation is 1. The van der Waals surface area contributed by atoms with Crippen LogP contribution in [0.4, 0.5) is 5.69 Å². The third-order valence-electron chi connectivity index (χ3n) is 3.73. The summed E-state index contributed by atoms with van der Waals surface area (Å²) in [5.74, 6) is -0.594. The summed E-state index contributed by atoms with van der Waals surface area (Å²) in [6.07, 6.45) is 2.12. The van der Waals surface area contributed by atoms with Crippen LogP contribution in [0.15, 0.2) is 65.2 Å². The molecule has 8 heteroatoms. The van der Waals surface area contributed by atoms with Gasteiger partial charge in [-0.3, -0.25) is 4.79 Å². The molecule has 0 bridgehead atoms. The Bertz CT molecular complexity index is 973. The van der Waals surface area contributed by atoms with Crippen LogP contribution in [-0.4, -0.2) is 20.9 Å². The summed E-state index contributed by atoms with van der Waals surface area (Å²) in [7, 11) is -3.80. The monoisotopic (exact) mass is 384 g/mol. The molecule has 0 radical (unpaired) electrons. The van der Waals surface area contributed by atoms with E-state index >= 15 is 0 Å². The zero-order valence-electron chi connectivity index (χ0n) is 14.8. The van der Waals surface area contributed by atoms with Crippen LogP contribution < -0.4 is 15.8 Å². The molecule has 0 aromatic heterocycles. The quantitative estimate of drug-likeness (QED) is 0.381. The van der Waals surface area contributed by atoms with Gasteiger partial charge in [-0.25, -0.2) is 13.6 Å². The number of anilines is 1. The molecule has 2 aromatic carbocycles. The van der Waals surface area contributed by atoms with E-state index in [1.165, 1.54) is 36.0 Å². The predicted octanol–water partition coefficient (Wildman–Crippen LogP) is 1.82. The number of nitrogens with two attached hydrogens (primary N) is 1. The van der Waals surface area contributed by atoms with Gasteiger partial charge in [0.2, 0.25) is 10.0 Å². The number of nitriles is 1. The lowest BCUT2D eigenvalue weighted by atomic mass is 10.1. The molecule has 140 valence electrons. The molecule has 0 aliphatic carbocycles. The van der Waals surface area contributed by atoms with E-state index < -0.39 is 15.9 Å². The van der Waals surface area contributed by atoms with E-state index in [1.807, 2.05) is 37.3 Å². The Hall–Kier alpha value is -3.15. The van der Waals surface area contributed by atoms with Gasteiger partial charge in [0.1, 0.15) is 11.6 Å². The van der Waals surface area contributed by atoms with Crippen molar-refractivity contribution in [3.63, 3.8) is 0 Å². The standard InChI is InChI=1S/C19H20N4O3S/c1-14-2-4-15(5-3-14)10-11-22-13-16(12-20)19(24)23-17-6-8-18(9-7-17)27(21,25)26/h2-9,13,22H,10-11H2,1H3,(H,23,24)(H2,21,25,26)/b16-13-. The van der Waals surface area contributed by atoms with Gasteiger partial charge < -0.3 is 10.6 Å². The molecular weight excluding hydrogens is 364 g/mol. The lowest BCUT2D eigenvalue weighted by Gasteiger charge is -2.06. The highest BCUT2D eigenvalue weighted by Gasteiger charge is 2.11. The Balaban J connectivity index is 1.91. The minimum atomic E-state index is -3.80. The van der Waals surface area contributed by atoms with Gasteiger partial charge in [0, 0.05) is 18.4 Å². The first kappa shape index (κ1) is 20.2. The maximum absolute atomic E-state index is 12.1.